The maximum absolute atomic E-state index is 11.1. The molecule has 0 saturated heterocycles. The lowest BCUT2D eigenvalue weighted by Crippen LogP contribution is -2.41. The smallest absolute Gasteiger partial charge is 0.376 e. The van der Waals surface area contributed by atoms with Crippen LogP contribution in [0.4, 0.5) is 0 Å². The molecule has 16 heavy (non-hydrogen) atoms. The van der Waals surface area contributed by atoms with E-state index in [1.54, 1.807) is 19.0 Å². The molecule has 1 heterocycles. The van der Waals surface area contributed by atoms with E-state index in [9.17, 15) is 9.82 Å². The third-order valence-corrected chi connectivity index (χ3v) is 3.06. The van der Waals surface area contributed by atoms with Crippen molar-refractivity contribution in [2.75, 3.05) is 6.54 Å². The number of hydrogen-bond donors (Lipinski definition) is 2. The van der Waals surface area contributed by atoms with Crippen molar-refractivity contribution in [3.8, 4) is 0 Å². The van der Waals surface area contributed by atoms with Crippen molar-refractivity contribution in [1.82, 2.24) is 4.81 Å². The predicted octanol–water partition coefficient (Wildman–Crippen LogP) is 0.853. The number of rotatable bonds is 2. The molecule has 0 atom stereocenters. The maximum atomic E-state index is 11.1. The highest BCUT2D eigenvalue weighted by Gasteiger charge is 2.25. The second-order valence-electron chi connectivity index (χ2n) is 4.10. The molecule has 0 aromatic heterocycles. The Hall–Kier alpha value is -1.33. The van der Waals surface area contributed by atoms with Crippen LogP contribution in [0.15, 0.2) is 18.2 Å². The zero-order chi connectivity index (χ0) is 11.7. The molecule has 0 spiro atoms. The van der Waals surface area contributed by atoms with Gasteiger partial charge >= 0.3 is 13.0 Å². The Kier molecular flexibility index (Phi) is 2.98. The Labute approximate surface area is 94.6 Å². The molecule has 0 unspecified atom stereocenters. The van der Waals surface area contributed by atoms with Gasteiger partial charge in [0.15, 0.2) is 0 Å². The highest BCUT2D eigenvalue weighted by atomic mass is 16.4. The van der Waals surface area contributed by atoms with Crippen molar-refractivity contribution in [1.29, 1.82) is 0 Å². The standard InChI is InChI=1S/C11H14BNO3/c1-12(16)13-6-5-8-3-2-4-9(11(14)15)10(8)7-13/h2-4,16H,5-7H2,1H3,(H,14,15). The molecule has 0 bridgehead atoms. The Bertz CT molecular complexity index is 420. The van der Waals surface area contributed by atoms with Crippen LogP contribution in [0.3, 0.4) is 0 Å². The SMILES string of the molecule is CB(O)N1CCc2cccc(C(=O)O)c2C1. The highest BCUT2D eigenvalue weighted by molar-refractivity contribution is 6.45. The molecule has 1 aromatic rings. The molecule has 2 rings (SSSR count). The fourth-order valence-corrected chi connectivity index (χ4v) is 2.12. The number of hydrogen-bond acceptors (Lipinski definition) is 3. The minimum Gasteiger partial charge on any atom is -0.478 e. The molecule has 2 N–H and O–H groups in total. The van der Waals surface area contributed by atoms with Crippen LogP contribution < -0.4 is 0 Å². The van der Waals surface area contributed by atoms with E-state index in [1.165, 1.54) is 0 Å². The fourth-order valence-electron chi connectivity index (χ4n) is 2.12. The van der Waals surface area contributed by atoms with Crippen LogP contribution in [-0.2, 0) is 13.0 Å². The van der Waals surface area contributed by atoms with Crippen molar-refractivity contribution in [2.45, 2.75) is 19.8 Å². The Morgan fingerprint density at radius 2 is 2.25 bits per heavy atom. The Morgan fingerprint density at radius 3 is 2.88 bits per heavy atom. The van der Waals surface area contributed by atoms with Gasteiger partial charge in [-0.25, -0.2) is 4.79 Å². The van der Waals surface area contributed by atoms with Crippen LogP contribution in [0.5, 0.6) is 0 Å². The van der Waals surface area contributed by atoms with Gasteiger partial charge in [0.25, 0.3) is 0 Å². The molecule has 0 radical (unpaired) electrons. The van der Waals surface area contributed by atoms with Crippen molar-refractivity contribution in [2.24, 2.45) is 0 Å². The van der Waals surface area contributed by atoms with Gasteiger partial charge in [-0.15, -0.1) is 0 Å². The zero-order valence-corrected chi connectivity index (χ0v) is 9.18. The summed E-state index contributed by atoms with van der Waals surface area (Å²) in [6.45, 7) is 2.98. The van der Waals surface area contributed by atoms with Crippen LogP contribution in [0.25, 0.3) is 0 Å². The molecule has 0 saturated carbocycles. The minimum atomic E-state index is -0.899. The molecule has 84 valence electrons. The normalized spacial score (nSPS) is 15.6. The maximum Gasteiger partial charge on any atom is 0.376 e. The van der Waals surface area contributed by atoms with E-state index in [0.717, 1.165) is 24.1 Å². The van der Waals surface area contributed by atoms with Crippen LogP contribution in [0, 0.1) is 0 Å². The molecule has 5 heteroatoms. The van der Waals surface area contributed by atoms with Crippen molar-refractivity contribution >= 4 is 13.0 Å². The van der Waals surface area contributed by atoms with Gasteiger partial charge in [0.05, 0.1) is 5.56 Å². The summed E-state index contributed by atoms with van der Waals surface area (Å²) in [4.78, 5) is 12.9. The first-order valence-corrected chi connectivity index (χ1v) is 5.36. The highest BCUT2D eigenvalue weighted by Crippen LogP contribution is 2.23. The van der Waals surface area contributed by atoms with Crippen LogP contribution in [0.2, 0.25) is 6.82 Å². The number of benzene rings is 1. The summed E-state index contributed by atoms with van der Waals surface area (Å²) >= 11 is 0. The predicted molar refractivity (Wildman–Crippen MR) is 61.4 cm³/mol. The summed E-state index contributed by atoms with van der Waals surface area (Å²) in [5.41, 5.74) is 2.27. The summed E-state index contributed by atoms with van der Waals surface area (Å²) < 4.78 is 0. The quantitative estimate of drug-likeness (QED) is 0.724. The van der Waals surface area contributed by atoms with E-state index in [-0.39, 0.29) is 0 Å². The molecule has 0 fully saturated rings. The Morgan fingerprint density at radius 1 is 1.50 bits per heavy atom. The van der Waals surface area contributed by atoms with Crippen LogP contribution in [0.1, 0.15) is 21.5 Å². The molecule has 1 aliphatic heterocycles. The number of aromatic carboxylic acids is 1. The fraction of sp³-hybridized carbons (Fsp3) is 0.364. The Balaban J connectivity index is 2.38. The average molecular weight is 219 g/mol. The first-order chi connectivity index (χ1) is 7.59. The zero-order valence-electron chi connectivity index (χ0n) is 9.18. The molecular weight excluding hydrogens is 205 g/mol. The van der Waals surface area contributed by atoms with E-state index >= 15 is 0 Å². The van der Waals surface area contributed by atoms with E-state index in [4.69, 9.17) is 5.11 Å². The van der Waals surface area contributed by atoms with Gasteiger partial charge in [-0.05, 0) is 37.0 Å². The van der Waals surface area contributed by atoms with E-state index < -0.39 is 13.0 Å². The van der Waals surface area contributed by atoms with E-state index in [1.807, 2.05) is 10.9 Å². The molecular formula is C11H14BNO3. The molecule has 1 aromatic carbocycles. The first kappa shape index (κ1) is 11.2. The summed E-state index contributed by atoms with van der Waals surface area (Å²) in [7, 11) is -0.532. The topological polar surface area (TPSA) is 60.8 Å². The molecule has 4 nitrogen and oxygen atoms in total. The van der Waals surface area contributed by atoms with Gasteiger partial charge in [-0.1, -0.05) is 12.1 Å². The molecule has 0 amide bonds. The van der Waals surface area contributed by atoms with Crippen molar-refractivity contribution < 1.29 is 14.9 Å². The van der Waals surface area contributed by atoms with Crippen LogP contribution in [-0.4, -0.2) is 34.5 Å². The van der Waals surface area contributed by atoms with Gasteiger partial charge < -0.3 is 14.9 Å². The van der Waals surface area contributed by atoms with Crippen molar-refractivity contribution in [3.05, 3.63) is 34.9 Å². The lowest BCUT2D eigenvalue weighted by Gasteiger charge is -2.30. The molecule has 1 aliphatic rings. The van der Waals surface area contributed by atoms with Gasteiger partial charge in [-0.3, -0.25) is 0 Å². The molecule has 0 aliphatic carbocycles. The summed E-state index contributed by atoms with van der Waals surface area (Å²) in [6, 6.07) is 5.36. The average Bonchev–Trinajstić information content (AvgIpc) is 2.27. The number of fused-ring (bicyclic) bond motifs is 1. The number of carboxylic acids is 1. The van der Waals surface area contributed by atoms with E-state index in [0.29, 0.717) is 12.1 Å². The lowest BCUT2D eigenvalue weighted by molar-refractivity contribution is 0.0694. The minimum absolute atomic E-state index is 0.350. The monoisotopic (exact) mass is 219 g/mol. The van der Waals surface area contributed by atoms with Gasteiger partial charge in [0.2, 0.25) is 0 Å². The summed E-state index contributed by atoms with van der Waals surface area (Å²) in [5.74, 6) is -0.899. The van der Waals surface area contributed by atoms with Crippen molar-refractivity contribution in [3.63, 3.8) is 0 Å². The number of carbonyl (C=O) groups is 1. The van der Waals surface area contributed by atoms with Crippen LogP contribution >= 0.6 is 0 Å². The second kappa shape index (κ2) is 4.27. The second-order valence-corrected chi connectivity index (χ2v) is 4.10. The number of carboxylic acid groups (broad SMARTS) is 1. The van der Waals surface area contributed by atoms with Gasteiger partial charge in [0, 0.05) is 6.54 Å². The largest absolute Gasteiger partial charge is 0.478 e. The summed E-state index contributed by atoms with van der Waals surface area (Å²) in [6.07, 6.45) is 0.793. The summed E-state index contributed by atoms with van der Waals surface area (Å²) in [5, 5.41) is 18.6. The first-order valence-electron chi connectivity index (χ1n) is 5.36. The third-order valence-electron chi connectivity index (χ3n) is 3.06. The van der Waals surface area contributed by atoms with Gasteiger partial charge in [0.1, 0.15) is 0 Å². The third kappa shape index (κ3) is 1.96. The van der Waals surface area contributed by atoms with Gasteiger partial charge in [-0.2, -0.15) is 0 Å². The lowest BCUT2D eigenvalue weighted by atomic mass is 9.81. The van der Waals surface area contributed by atoms with E-state index in [2.05, 4.69) is 0 Å². The number of nitrogens with zero attached hydrogens (tertiary/aromatic N) is 1.